The highest BCUT2D eigenvalue weighted by molar-refractivity contribution is 7.92. The Hall–Kier alpha value is -3.27. The number of anilines is 1. The lowest BCUT2D eigenvalue weighted by atomic mass is 10.1. The lowest BCUT2D eigenvalue weighted by Gasteiger charge is -2.33. The van der Waals surface area contributed by atoms with Crippen LogP contribution in [0.2, 0.25) is 10.0 Å². The molecule has 0 aromatic heterocycles. The van der Waals surface area contributed by atoms with Gasteiger partial charge in [0.25, 0.3) is 10.0 Å². The maximum absolute atomic E-state index is 14.2. The van der Waals surface area contributed by atoms with Gasteiger partial charge in [-0.3, -0.25) is 13.9 Å². The number of ether oxygens (including phenoxy) is 1. The van der Waals surface area contributed by atoms with Gasteiger partial charge in [0.15, 0.2) is 0 Å². The molecule has 2 amide bonds. The highest BCUT2D eigenvalue weighted by atomic mass is 35.5. The van der Waals surface area contributed by atoms with Gasteiger partial charge in [0.05, 0.1) is 27.2 Å². The van der Waals surface area contributed by atoms with Crippen LogP contribution in [-0.2, 0) is 26.2 Å². The van der Waals surface area contributed by atoms with Crippen LogP contribution in [-0.4, -0.2) is 50.4 Å². The molecule has 11 heteroatoms. The summed E-state index contributed by atoms with van der Waals surface area (Å²) in [4.78, 5) is 29.0. The number of aryl methyl sites for hydroxylation is 1. The third-order valence-electron chi connectivity index (χ3n) is 7.53. The second-order valence-electron chi connectivity index (χ2n) is 10.7. The van der Waals surface area contributed by atoms with Crippen molar-refractivity contribution >= 4 is 50.7 Å². The maximum atomic E-state index is 14.2. The van der Waals surface area contributed by atoms with E-state index in [1.807, 2.05) is 6.92 Å². The van der Waals surface area contributed by atoms with Crippen molar-refractivity contribution in [3.05, 3.63) is 87.9 Å². The Morgan fingerprint density at radius 3 is 2.33 bits per heavy atom. The fourth-order valence-corrected chi connectivity index (χ4v) is 6.85. The zero-order valence-corrected chi connectivity index (χ0v) is 26.9. The highest BCUT2D eigenvalue weighted by Gasteiger charge is 2.34. The fraction of sp³-hybridized carbons (Fsp3) is 0.375. The van der Waals surface area contributed by atoms with Crippen molar-refractivity contribution in [3.8, 4) is 5.75 Å². The van der Waals surface area contributed by atoms with Crippen molar-refractivity contribution in [2.45, 2.75) is 70.0 Å². The molecular weight excluding hydrogens is 609 g/mol. The van der Waals surface area contributed by atoms with Crippen LogP contribution < -0.4 is 14.4 Å². The van der Waals surface area contributed by atoms with Gasteiger partial charge < -0.3 is 15.0 Å². The molecule has 1 N–H and O–H groups in total. The summed E-state index contributed by atoms with van der Waals surface area (Å²) in [6.45, 7) is 5.05. The minimum Gasteiger partial charge on any atom is -0.492 e. The first kappa shape index (κ1) is 32.6. The molecule has 3 aromatic rings. The Labute approximate surface area is 264 Å². The first-order chi connectivity index (χ1) is 20.5. The largest absolute Gasteiger partial charge is 0.492 e. The quantitative estimate of drug-likeness (QED) is 0.247. The summed E-state index contributed by atoms with van der Waals surface area (Å²) in [6, 6.07) is 17.2. The molecular formula is C32H37Cl2N3O5S. The Morgan fingerprint density at radius 2 is 1.67 bits per heavy atom. The summed E-state index contributed by atoms with van der Waals surface area (Å²) < 4.78 is 35.1. The van der Waals surface area contributed by atoms with E-state index in [4.69, 9.17) is 27.9 Å². The summed E-state index contributed by atoms with van der Waals surface area (Å²) in [7, 11) is -4.22. The van der Waals surface area contributed by atoms with Crippen molar-refractivity contribution in [1.29, 1.82) is 0 Å². The maximum Gasteiger partial charge on any atom is 0.264 e. The number of amides is 2. The number of nitrogens with one attached hydrogen (secondary N) is 1. The van der Waals surface area contributed by atoms with Crippen molar-refractivity contribution in [3.63, 3.8) is 0 Å². The average Bonchev–Trinajstić information content (AvgIpc) is 3.50. The van der Waals surface area contributed by atoms with E-state index in [1.54, 1.807) is 68.4 Å². The molecule has 1 aliphatic carbocycles. The van der Waals surface area contributed by atoms with Crippen LogP contribution in [0.15, 0.2) is 71.6 Å². The zero-order chi connectivity index (χ0) is 31.1. The first-order valence-corrected chi connectivity index (χ1v) is 16.6. The number of rotatable bonds is 12. The van der Waals surface area contributed by atoms with Gasteiger partial charge in [0, 0.05) is 12.6 Å². The topological polar surface area (TPSA) is 96.0 Å². The molecule has 1 fully saturated rings. The Bertz CT molecular complexity index is 1540. The van der Waals surface area contributed by atoms with E-state index in [0.717, 1.165) is 35.6 Å². The van der Waals surface area contributed by atoms with E-state index >= 15 is 0 Å². The smallest absolute Gasteiger partial charge is 0.264 e. The Balaban J connectivity index is 1.73. The van der Waals surface area contributed by atoms with E-state index in [2.05, 4.69) is 5.32 Å². The van der Waals surface area contributed by atoms with Gasteiger partial charge in [-0.1, -0.05) is 71.9 Å². The summed E-state index contributed by atoms with van der Waals surface area (Å²) in [6.07, 6.45) is 3.85. The molecule has 1 aliphatic rings. The monoisotopic (exact) mass is 645 g/mol. The predicted molar refractivity (Wildman–Crippen MR) is 170 cm³/mol. The lowest BCUT2D eigenvalue weighted by molar-refractivity contribution is -0.139. The molecule has 0 unspecified atom stereocenters. The second kappa shape index (κ2) is 14.5. The number of sulfonamides is 1. The molecule has 0 saturated heterocycles. The number of para-hydroxylation sites is 2. The average molecular weight is 647 g/mol. The molecule has 8 nitrogen and oxygen atoms in total. The summed E-state index contributed by atoms with van der Waals surface area (Å²) in [5.41, 5.74) is 1.76. The molecule has 43 heavy (non-hydrogen) atoms. The third kappa shape index (κ3) is 8.02. The molecule has 0 aliphatic heterocycles. The molecule has 0 heterocycles. The highest BCUT2D eigenvalue weighted by Crippen LogP contribution is 2.33. The normalized spacial score (nSPS) is 14.3. The Morgan fingerprint density at radius 1 is 1.00 bits per heavy atom. The number of nitrogens with zero attached hydrogens (tertiary/aromatic N) is 2. The number of halogens is 2. The zero-order valence-electron chi connectivity index (χ0n) is 24.6. The van der Waals surface area contributed by atoms with Crippen LogP contribution >= 0.6 is 23.2 Å². The van der Waals surface area contributed by atoms with Gasteiger partial charge in [-0.05, 0) is 75.6 Å². The number of carbonyl (C=O) groups excluding carboxylic acids is 2. The summed E-state index contributed by atoms with van der Waals surface area (Å²) >= 11 is 12.4. The van der Waals surface area contributed by atoms with E-state index in [1.165, 1.54) is 17.0 Å². The van der Waals surface area contributed by atoms with Crippen LogP contribution in [0.3, 0.4) is 0 Å². The van der Waals surface area contributed by atoms with E-state index < -0.39 is 28.5 Å². The molecule has 230 valence electrons. The third-order valence-corrected chi connectivity index (χ3v) is 10.0. The standard InChI is InChI=1S/C32H37Cl2N3O5S/c1-4-42-30-12-8-7-11-29(30)37(43(40,41)26-16-13-22(2)14-17-26)21-31(38)36(20-24-15-18-27(33)28(34)19-24)23(3)32(39)35-25-9-5-6-10-25/h7-8,11-19,23,25H,4-6,9-10,20-21H2,1-3H3,(H,35,39)/t23-/m1/s1. The molecule has 1 atom stereocenters. The molecule has 0 radical (unpaired) electrons. The van der Waals surface area contributed by atoms with Gasteiger partial charge in [0.2, 0.25) is 11.8 Å². The van der Waals surface area contributed by atoms with Crippen LogP contribution in [0.4, 0.5) is 5.69 Å². The van der Waals surface area contributed by atoms with Crippen LogP contribution in [0.25, 0.3) is 0 Å². The molecule has 1 saturated carbocycles. The van der Waals surface area contributed by atoms with Crippen molar-refractivity contribution < 1.29 is 22.7 Å². The van der Waals surface area contributed by atoms with Gasteiger partial charge in [-0.2, -0.15) is 0 Å². The number of hydrogen-bond donors (Lipinski definition) is 1. The SMILES string of the molecule is CCOc1ccccc1N(CC(=O)N(Cc1ccc(Cl)c(Cl)c1)[C@H](C)C(=O)NC1CCCC1)S(=O)(=O)c1ccc(C)cc1. The van der Waals surface area contributed by atoms with E-state index in [0.29, 0.717) is 28.0 Å². The first-order valence-electron chi connectivity index (χ1n) is 14.4. The minimum absolute atomic E-state index is 0.0144. The second-order valence-corrected chi connectivity index (χ2v) is 13.3. The minimum atomic E-state index is -4.22. The van der Waals surface area contributed by atoms with Crippen molar-refractivity contribution in [2.75, 3.05) is 17.5 Å². The summed E-state index contributed by atoms with van der Waals surface area (Å²) in [5, 5.41) is 3.73. The Kier molecular flexibility index (Phi) is 11.0. The van der Waals surface area contributed by atoms with E-state index in [-0.39, 0.29) is 29.1 Å². The predicted octanol–water partition coefficient (Wildman–Crippen LogP) is 6.37. The molecule has 4 rings (SSSR count). The van der Waals surface area contributed by atoms with Gasteiger partial charge in [-0.25, -0.2) is 8.42 Å². The van der Waals surface area contributed by atoms with Crippen molar-refractivity contribution in [1.82, 2.24) is 10.2 Å². The molecule has 0 bridgehead atoms. The summed E-state index contributed by atoms with van der Waals surface area (Å²) in [5.74, 6) is -0.554. The van der Waals surface area contributed by atoms with Crippen LogP contribution in [0.1, 0.15) is 50.7 Å². The van der Waals surface area contributed by atoms with Gasteiger partial charge in [-0.15, -0.1) is 0 Å². The number of carbonyl (C=O) groups is 2. The molecule has 0 spiro atoms. The van der Waals surface area contributed by atoms with Gasteiger partial charge in [0.1, 0.15) is 18.3 Å². The number of hydrogen-bond acceptors (Lipinski definition) is 5. The lowest BCUT2D eigenvalue weighted by Crippen LogP contribution is -2.52. The number of benzene rings is 3. The van der Waals surface area contributed by atoms with Gasteiger partial charge >= 0.3 is 0 Å². The van der Waals surface area contributed by atoms with Crippen LogP contribution in [0.5, 0.6) is 5.75 Å². The van der Waals surface area contributed by atoms with Crippen LogP contribution in [0, 0.1) is 6.92 Å². The van der Waals surface area contributed by atoms with Crippen molar-refractivity contribution in [2.24, 2.45) is 0 Å². The van der Waals surface area contributed by atoms with E-state index in [9.17, 15) is 18.0 Å². The fourth-order valence-electron chi connectivity index (χ4n) is 5.10. The molecule has 3 aromatic carbocycles.